The maximum Gasteiger partial charge on any atom is 0.223 e. The minimum atomic E-state index is 0.0389. The predicted molar refractivity (Wildman–Crippen MR) is 79.8 cm³/mol. The molecule has 2 atom stereocenters. The highest BCUT2D eigenvalue weighted by Crippen LogP contribution is 2.25. The number of nitrogens with one attached hydrogen (secondary N) is 1. The Morgan fingerprint density at radius 3 is 3.00 bits per heavy atom. The van der Waals surface area contributed by atoms with E-state index in [0.717, 1.165) is 31.2 Å². The fourth-order valence-corrected chi connectivity index (χ4v) is 2.82. The lowest BCUT2D eigenvalue weighted by Gasteiger charge is -2.25. The van der Waals surface area contributed by atoms with Crippen molar-refractivity contribution >= 4 is 17.5 Å². The summed E-state index contributed by atoms with van der Waals surface area (Å²) in [5, 5.41) is 3.59. The normalized spacial score (nSPS) is 22.4. The number of benzene rings is 1. The summed E-state index contributed by atoms with van der Waals surface area (Å²) in [5.41, 5.74) is 6.84. The number of hydrogen-bond donors (Lipinski definition) is 2. The lowest BCUT2D eigenvalue weighted by molar-refractivity contribution is -0.126. The van der Waals surface area contributed by atoms with Crippen LogP contribution in [0.25, 0.3) is 0 Å². The van der Waals surface area contributed by atoms with Gasteiger partial charge in [0.25, 0.3) is 0 Å². The molecule has 0 aliphatic heterocycles. The Bertz CT molecular complexity index is 479. The molecule has 1 aromatic rings. The zero-order valence-corrected chi connectivity index (χ0v) is 12.5. The molecule has 0 spiro atoms. The maximum absolute atomic E-state index is 12.1. The SMILES string of the molecule is COc1cc(Cl)ccc1CNC(=O)C1CCCC(N)C1. The van der Waals surface area contributed by atoms with Gasteiger partial charge in [-0.3, -0.25) is 4.79 Å². The first kappa shape index (κ1) is 15.1. The van der Waals surface area contributed by atoms with Gasteiger partial charge in [0.15, 0.2) is 0 Å². The van der Waals surface area contributed by atoms with Crippen LogP contribution in [0.15, 0.2) is 18.2 Å². The Hall–Kier alpha value is -1.26. The first-order valence-corrected chi connectivity index (χ1v) is 7.33. The van der Waals surface area contributed by atoms with E-state index in [0.29, 0.717) is 17.3 Å². The number of rotatable bonds is 4. The molecule has 1 aliphatic carbocycles. The third-order valence-electron chi connectivity index (χ3n) is 3.79. The molecule has 20 heavy (non-hydrogen) atoms. The van der Waals surface area contributed by atoms with Crippen molar-refractivity contribution in [3.05, 3.63) is 28.8 Å². The molecule has 0 bridgehead atoms. The summed E-state index contributed by atoms with van der Waals surface area (Å²) < 4.78 is 5.27. The van der Waals surface area contributed by atoms with Crippen LogP contribution in [0.2, 0.25) is 5.02 Å². The number of methoxy groups -OCH3 is 1. The van der Waals surface area contributed by atoms with Crippen molar-refractivity contribution in [2.24, 2.45) is 11.7 Å². The highest BCUT2D eigenvalue weighted by atomic mass is 35.5. The summed E-state index contributed by atoms with van der Waals surface area (Å²) in [6.07, 6.45) is 3.76. The van der Waals surface area contributed by atoms with Gasteiger partial charge < -0.3 is 15.8 Å². The molecule has 110 valence electrons. The third-order valence-corrected chi connectivity index (χ3v) is 4.02. The standard InChI is InChI=1S/C15H21ClN2O2/c1-20-14-8-12(16)6-5-11(14)9-18-15(19)10-3-2-4-13(17)7-10/h5-6,8,10,13H,2-4,7,9,17H2,1H3,(H,18,19). The first-order valence-electron chi connectivity index (χ1n) is 6.96. The highest BCUT2D eigenvalue weighted by molar-refractivity contribution is 6.30. The second-order valence-electron chi connectivity index (χ2n) is 5.30. The first-order chi connectivity index (χ1) is 9.60. The van der Waals surface area contributed by atoms with Crippen LogP contribution in [-0.2, 0) is 11.3 Å². The van der Waals surface area contributed by atoms with Gasteiger partial charge in [-0.2, -0.15) is 0 Å². The van der Waals surface area contributed by atoms with Crippen LogP contribution in [0.5, 0.6) is 5.75 Å². The van der Waals surface area contributed by atoms with E-state index in [4.69, 9.17) is 22.1 Å². The van der Waals surface area contributed by atoms with Crippen molar-refractivity contribution in [2.45, 2.75) is 38.3 Å². The van der Waals surface area contributed by atoms with Gasteiger partial charge in [0.05, 0.1) is 7.11 Å². The molecule has 5 heteroatoms. The predicted octanol–water partition coefficient (Wildman–Crippen LogP) is 2.48. The Morgan fingerprint density at radius 1 is 1.50 bits per heavy atom. The molecule has 1 amide bonds. The van der Waals surface area contributed by atoms with Crippen LogP contribution in [0, 0.1) is 5.92 Å². The van der Waals surface area contributed by atoms with Crippen molar-refractivity contribution in [2.75, 3.05) is 7.11 Å². The van der Waals surface area contributed by atoms with E-state index in [1.165, 1.54) is 0 Å². The van der Waals surface area contributed by atoms with Gasteiger partial charge in [0, 0.05) is 29.1 Å². The van der Waals surface area contributed by atoms with E-state index in [1.54, 1.807) is 19.2 Å². The van der Waals surface area contributed by atoms with Crippen molar-refractivity contribution in [3.8, 4) is 5.75 Å². The minimum Gasteiger partial charge on any atom is -0.496 e. The zero-order valence-electron chi connectivity index (χ0n) is 11.7. The van der Waals surface area contributed by atoms with Gasteiger partial charge in [-0.15, -0.1) is 0 Å². The number of carbonyl (C=O) groups excluding carboxylic acids is 1. The molecule has 0 heterocycles. The van der Waals surface area contributed by atoms with Gasteiger partial charge in [-0.1, -0.05) is 24.1 Å². The summed E-state index contributed by atoms with van der Waals surface area (Å²) in [4.78, 5) is 12.1. The van der Waals surface area contributed by atoms with E-state index in [2.05, 4.69) is 5.32 Å². The Morgan fingerprint density at radius 2 is 2.30 bits per heavy atom. The van der Waals surface area contributed by atoms with E-state index in [9.17, 15) is 4.79 Å². The number of amides is 1. The van der Waals surface area contributed by atoms with E-state index in [-0.39, 0.29) is 17.9 Å². The third kappa shape index (κ3) is 3.87. The Kier molecular flexibility index (Phi) is 5.26. The summed E-state index contributed by atoms with van der Waals surface area (Å²) >= 11 is 5.91. The Balaban J connectivity index is 1.93. The Labute approximate surface area is 124 Å². The topological polar surface area (TPSA) is 64.3 Å². The molecule has 1 aromatic carbocycles. The van der Waals surface area contributed by atoms with Crippen LogP contribution < -0.4 is 15.8 Å². The van der Waals surface area contributed by atoms with Crippen molar-refractivity contribution in [1.82, 2.24) is 5.32 Å². The summed E-state index contributed by atoms with van der Waals surface area (Å²) in [7, 11) is 1.59. The molecule has 1 aliphatic rings. The molecule has 4 nitrogen and oxygen atoms in total. The van der Waals surface area contributed by atoms with Gasteiger partial charge in [0.1, 0.15) is 5.75 Å². The molecule has 0 radical (unpaired) electrons. The molecular formula is C15H21ClN2O2. The van der Waals surface area contributed by atoms with Crippen LogP contribution in [-0.4, -0.2) is 19.1 Å². The molecule has 2 unspecified atom stereocenters. The molecular weight excluding hydrogens is 276 g/mol. The van der Waals surface area contributed by atoms with Gasteiger partial charge in [-0.25, -0.2) is 0 Å². The number of halogens is 1. The monoisotopic (exact) mass is 296 g/mol. The number of carbonyl (C=O) groups is 1. The zero-order chi connectivity index (χ0) is 14.5. The highest BCUT2D eigenvalue weighted by Gasteiger charge is 2.25. The molecule has 1 saturated carbocycles. The van der Waals surface area contributed by atoms with Gasteiger partial charge >= 0.3 is 0 Å². The summed E-state index contributed by atoms with van der Waals surface area (Å²) in [6, 6.07) is 5.57. The number of nitrogens with two attached hydrogens (primary N) is 1. The maximum atomic E-state index is 12.1. The van der Waals surface area contributed by atoms with Gasteiger partial charge in [-0.05, 0) is 31.4 Å². The molecule has 1 fully saturated rings. The average molecular weight is 297 g/mol. The van der Waals surface area contributed by atoms with E-state index < -0.39 is 0 Å². The lowest BCUT2D eigenvalue weighted by Crippen LogP contribution is -2.37. The van der Waals surface area contributed by atoms with Crippen LogP contribution in [0.1, 0.15) is 31.2 Å². The molecule has 0 saturated heterocycles. The second kappa shape index (κ2) is 6.95. The summed E-state index contributed by atoms with van der Waals surface area (Å²) in [6.45, 7) is 0.449. The summed E-state index contributed by atoms with van der Waals surface area (Å²) in [5.74, 6) is 0.812. The smallest absolute Gasteiger partial charge is 0.223 e. The second-order valence-corrected chi connectivity index (χ2v) is 5.73. The molecule has 3 N–H and O–H groups in total. The van der Waals surface area contributed by atoms with Crippen molar-refractivity contribution in [1.29, 1.82) is 0 Å². The van der Waals surface area contributed by atoms with Crippen LogP contribution in [0.4, 0.5) is 0 Å². The van der Waals surface area contributed by atoms with E-state index >= 15 is 0 Å². The lowest BCUT2D eigenvalue weighted by atomic mass is 9.85. The van der Waals surface area contributed by atoms with Crippen molar-refractivity contribution < 1.29 is 9.53 Å². The van der Waals surface area contributed by atoms with E-state index in [1.807, 2.05) is 6.07 Å². The fraction of sp³-hybridized carbons (Fsp3) is 0.533. The molecule has 2 rings (SSSR count). The number of hydrogen-bond acceptors (Lipinski definition) is 3. The number of ether oxygens (including phenoxy) is 1. The largest absolute Gasteiger partial charge is 0.496 e. The van der Waals surface area contributed by atoms with Crippen molar-refractivity contribution in [3.63, 3.8) is 0 Å². The molecule has 0 aromatic heterocycles. The minimum absolute atomic E-state index is 0.0389. The van der Waals surface area contributed by atoms with Crippen LogP contribution >= 0.6 is 11.6 Å². The fourth-order valence-electron chi connectivity index (χ4n) is 2.66. The average Bonchev–Trinajstić information content (AvgIpc) is 2.45. The van der Waals surface area contributed by atoms with Gasteiger partial charge in [0.2, 0.25) is 5.91 Å². The quantitative estimate of drug-likeness (QED) is 0.897. The van der Waals surface area contributed by atoms with Crippen LogP contribution in [0.3, 0.4) is 0 Å².